The van der Waals surface area contributed by atoms with Crippen LogP contribution in [0.3, 0.4) is 0 Å². The van der Waals surface area contributed by atoms with Gasteiger partial charge in [-0.1, -0.05) is 17.3 Å². The fourth-order valence-electron chi connectivity index (χ4n) is 2.53. The molecule has 5 nitrogen and oxygen atoms in total. The first-order chi connectivity index (χ1) is 12.0. The van der Waals surface area contributed by atoms with Gasteiger partial charge in [-0.15, -0.1) is 0 Å². The zero-order valence-corrected chi connectivity index (χ0v) is 13.1. The van der Waals surface area contributed by atoms with Crippen LogP contribution in [-0.2, 0) is 6.18 Å². The summed E-state index contributed by atoms with van der Waals surface area (Å²) in [7, 11) is 1.07. The van der Waals surface area contributed by atoms with Crippen LogP contribution in [0.5, 0.6) is 0 Å². The minimum atomic E-state index is -4.79. The highest BCUT2D eigenvalue weighted by Crippen LogP contribution is 2.53. The molecule has 26 heavy (non-hydrogen) atoms. The molecule has 0 unspecified atom stereocenters. The number of benzene rings is 1. The van der Waals surface area contributed by atoms with Crippen LogP contribution in [0.2, 0.25) is 0 Å². The fourth-order valence-corrected chi connectivity index (χ4v) is 2.53. The van der Waals surface area contributed by atoms with Crippen molar-refractivity contribution in [2.75, 3.05) is 7.05 Å². The highest BCUT2D eigenvalue weighted by Gasteiger charge is 2.67. The highest BCUT2D eigenvalue weighted by atomic mass is 19.4. The number of carbonyl (C=O) groups excluding carboxylic acids is 1. The van der Waals surface area contributed by atoms with Gasteiger partial charge < -0.3 is 9.42 Å². The monoisotopic (exact) mass is 379 g/mol. The van der Waals surface area contributed by atoms with Gasteiger partial charge in [0.2, 0.25) is 5.82 Å². The number of hydrogen-bond acceptors (Lipinski definition) is 4. The molecule has 0 bridgehead atoms. The van der Waals surface area contributed by atoms with Crippen molar-refractivity contribution in [3.63, 3.8) is 0 Å². The van der Waals surface area contributed by atoms with Gasteiger partial charge in [0.25, 0.3) is 5.91 Å². The van der Waals surface area contributed by atoms with Gasteiger partial charge >= 0.3 is 18.2 Å². The predicted octanol–water partition coefficient (Wildman–Crippen LogP) is 3.92. The molecule has 0 aliphatic heterocycles. The van der Waals surface area contributed by atoms with Crippen LogP contribution in [0, 0.1) is 0 Å². The average molecular weight is 379 g/mol. The van der Waals surface area contributed by atoms with Crippen LogP contribution >= 0.6 is 0 Å². The van der Waals surface area contributed by atoms with Crippen LogP contribution in [0.15, 0.2) is 28.8 Å². The van der Waals surface area contributed by atoms with E-state index in [0.29, 0.717) is 4.90 Å². The molecular weight excluding hydrogens is 368 g/mol. The molecule has 0 spiro atoms. The van der Waals surface area contributed by atoms with Crippen molar-refractivity contribution in [3.8, 4) is 11.4 Å². The maximum atomic E-state index is 13.1. The third-order valence-corrected chi connectivity index (χ3v) is 4.26. The Balaban J connectivity index is 1.80. The lowest BCUT2D eigenvalue weighted by molar-refractivity contribution is -0.185. The molecule has 1 aromatic carbocycles. The summed E-state index contributed by atoms with van der Waals surface area (Å²) >= 11 is 0. The van der Waals surface area contributed by atoms with E-state index in [2.05, 4.69) is 14.7 Å². The van der Waals surface area contributed by atoms with E-state index in [1.807, 2.05) is 0 Å². The Morgan fingerprint density at radius 3 is 2.12 bits per heavy atom. The van der Waals surface area contributed by atoms with E-state index in [1.54, 1.807) is 0 Å². The molecular formula is C15H11F6N3O2. The molecule has 1 fully saturated rings. The average Bonchev–Trinajstić information content (AvgIpc) is 3.23. The fraction of sp³-hybridized carbons (Fsp3) is 0.400. The van der Waals surface area contributed by atoms with Gasteiger partial charge in [-0.2, -0.15) is 31.3 Å². The molecule has 3 rings (SSSR count). The number of aromatic nitrogens is 2. The normalized spacial score (nSPS) is 16.4. The minimum absolute atomic E-state index is 0.0358. The minimum Gasteiger partial charge on any atom is -0.329 e. The molecule has 1 amide bonds. The van der Waals surface area contributed by atoms with Crippen molar-refractivity contribution >= 4 is 5.91 Å². The number of rotatable bonds is 3. The number of alkyl halides is 6. The molecule has 11 heteroatoms. The second-order valence-corrected chi connectivity index (χ2v) is 5.89. The standard InChI is InChI=1S/C15H11F6N3O2/c1-24(13(6-7-13)15(19,20)21)11(25)9-4-2-8(3-5-9)10-22-12(26-23-10)14(16,17)18/h2-5H,6-7H2,1H3. The summed E-state index contributed by atoms with van der Waals surface area (Å²) in [5.41, 5.74) is -2.07. The summed E-state index contributed by atoms with van der Waals surface area (Å²) in [5.74, 6) is -2.71. The van der Waals surface area contributed by atoms with Gasteiger partial charge in [0, 0.05) is 18.2 Å². The molecule has 0 N–H and O–H groups in total. The maximum absolute atomic E-state index is 13.1. The molecule has 0 atom stereocenters. The first-order valence-corrected chi connectivity index (χ1v) is 7.32. The summed E-state index contributed by atoms with van der Waals surface area (Å²) in [4.78, 5) is 16.1. The summed E-state index contributed by atoms with van der Waals surface area (Å²) in [6, 6.07) is 4.87. The number of carbonyl (C=O) groups is 1. The molecule has 1 heterocycles. The third kappa shape index (κ3) is 3.01. The molecule has 0 radical (unpaired) electrons. The van der Waals surface area contributed by atoms with Crippen LogP contribution in [0.4, 0.5) is 26.3 Å². The summed E-state index contributed by atoms with van der Waals surface area (Å²) < 4.78 is 80.7. The van der Waals surface area contributed by atoms with Crippen molar-refractivity contribution < 1.29 is 35.7 Å². The van der Waals surface area contributed by atoms with Crippen molar-refractivity contribution in [2.24, 2.45) is 0 Å². The Kier molecular flexibility index (Phi) is 4.00. The van der Waals surface area contributed by atoms with Crippen molar-refractivity contribution in [1.29, 1.82) is 0 Å². The topological polar surface area (TPSA) is 59.2 Å². The third-order valence-electron chi connectivity index (χ3n) is 4.26. The van der Waals surface area contributed by atoms with Crippen LogP contribution in [-0.4, -0.2) is 39.7 Å². The van der Waals surface area contributed by atoms with Gasteiger partial charge in [0.05, 0.1) is 0 Å². The molecule has 0 saturated heterocycles. The first-order valence-electron chi connectivity index (χ1n) is 7.32. The Hall–Kier alpha value is -2.59. The molecule has 1 aromatic heterocycles. The van der Waals surface area contributed by atoms with Gasteiger partial charge in [-0.05, 0) is 25.0 Å². The van der Waals surface area contributed by atoms with E-state index in [9.17, 15) is 31.1 Å². The van der Waals surface area contributed by atoms with Crippen LogP contribution in [0.25, 0.3) is 11.4 Å². The maximum Gasteiger partial charge on any atom is 0.471 e. The molecule has 140 valence electrons. The lowest BCUT2D eigenvalue weighted by atomic mass is 10.1. The Labute approximate surface area is 142 Å². The Morgan fingerprint density at radius 2 is 1.69 bits per heavy atom. The first kappa shape index (κ1) is 18.2. The van der Waals surface area contributed by atoms with Crippen LogP contribution < -0.4 is 0 Å². The summed E-state index contributed by atoms with van der Waals surface area (Å²) in [6.07, 6.45) is -9.66. The number of nitrogens with zero attached hydrogens (tertiary/aromatic N) is 3. The number of halogens is 6. The SMILES string of the molecule is CN(C(=O)c1ccc(-c2noc(C(F)(F)F)n2)cc1)C1(C(F)(F)F)CC1. The second-order valence-electron chi connectivity index (χ2n) is 5.89. The largest absolute Gasteiger partial charge is 0.471 e. The molecule has 1 aliphatic carbocycles. The number of hydrogen-bond donors (Lipinski definition) is 0. The van der Waals surface area contributed by atoms with E-state index in [-0.39, 0.29) is 29.8 Å². The quantitative estimate of drug-likeness (QED) is 0.759. The van der Waals surface area contributed by atoms with Gasteiger partial charge in [0.15, 0.2) is 0 Å². The summed E-state index contributed by atoms with van der Waals surface area (Å²) in [5, 5.41) is 3.19. The van der Waals surface area contributed by atoms with Gasteiger partial charge in [0.1, 0.15) is 5.54 Å². The lowest BCUT2D eigenvalue weighted by Gasteiger charge is -2.30. The smallest absolute Gasteiger partial charge is 0.329 e. The van der Waals surface area contributed by atoms with Crippen LogP contribution in [0.1, 0.15) is 29.1 Å². The van der Waals surface area contributed by atoms with E-state index in [4.69, 9.17) is 0 Å². The molecule has 1 saturated carbocycles. The lowest BCUT2D eigenvalue weighted by Crippen LogP contribution is -2.49. The molecule has 1 aliphatic rings. The molecule has 2 aromatic rings. The predicted molar refractivity (Wildman–Crippen MR) is 74.8 cm³/mol. The number of amides is 1. The van der Waals surface area contributed by atoms with E-state index in [0.717, 1.165) is 7.05 Å². The van der Waals surface area contributed by atoms with E-state index < -0.39 is 29.7 Å². The summed E-state index contributed by atoms with van der Waals surface area (Å²) in [6.45, 7) is 0. The van der Waals surface area contributed by atoms with Crippen molar-refractivity contribution in [2.45, 2.75) is 30.7 Å². The van der Waals surface area contributed by atoms with E-state index in [1.165, 1.54) is 24.3 Å². The highest BCUT2D eigenvalue weighted by molar-refractivity contribution is 5.95. The van der Waals surface area contributed by atoms with Gasteiger partial charge in [-0.3, -0.25) is 4.79 Å². The zero-order valence-electron chi connectivity index (χ0n) is 13.1. The van der Waals surface area contributed by atoms with Crippen molar-refractivity contribution in [1.82, 2.24) is 15.0 Å². The van der Waals surface area contributed by atoms with Gasteiger partial charge in [-0.25, -0.2) is 0 Å². The van der Waals surface area contributed by atoms with Crippen molar-refractivity contribution in [3.05, 3.63) is 35.7 Å². The Morgan fingerprint density at radius 1 is 1.12 bits per heavy atom. The Bertz CT molecular complexity index is 821. The van der Waals surface area contributed by atoms with E-state index >= 15 is 0 Å². The second kappa shape index (κ2) is 5.71. The zero-order chi connectivity index (χ0) is 19.3.